The predicted molar refractivity (Wildman–Crippen MR) is 77.2 cm³/mol. The van der Waals surface area contributed by atoms with Gasteiger partial charge in [-0.05, 0) is 24.6 Å². The third-order valence-electron chi connectivity index (χ3n) is 2.16. The topological polar surface area (TPSA) is 56.5 Å². The van der Waals surface area contributed by atoms with Crippen LogP contribution in [0.5, 0.6) is 5.75 Å². The van der Waals surface area contributed by atoms with Crippen LogP contribution in [0.1, 0.15) is 19.4 Å². The van der Waals surface area contributed by atoms with E-state index in [1.54, 1.807) is 13.2 Å². The number of hydrogen-bond donors (Lipinski definition) is 2. The summed E-state index contributed by atoms with van der Waals surface area (Å²) in [6, 6.07) is 5.64. The van der Waals surface area contributed by atoms with Crippen molar-refractivity contribution in [1.82, 2.24) is 5.32 Å². The molecule has 0 amide bonds. The maximum Gasteiger partial charge on any atom is 0.121 e. The van der Waals surface area contributed by atoms with Gasteiger partial charge in [0.15, 0.2) is 0 Å². The molecule has 0 spiro atoms. The van der Waals surface area contributed by atoms with Crippen molar-refractivity contribution in [2.24, 2.45) is 0 Å². The highest BCUT2D eigenvalue weighted by molar-refractivity contribution is 5.47. The molecule has 1 saturated heterocycles. The first-order chi connectivity index (χ1) is 8.72. The van der Waals surface area contributed by atoms with E-state index in [1.165, 1.54) is 0 Å². The summed E-state index contributed by atoms with van der Waals surface area (Å²) in [6.45, 7) is 9.82. The Morgan fingerprint density at radius 1 is 1.17 bits per heavy atom. The average Bonchev–Trinajstić information content (AvgIpc) is 2.42. The van der Waals surface area contributed by atoms with Gasteiger partial charge in [-0.3, -0.25) is 0 Å². The van der Waals surface area contributed by atoms with Crippen LogP contribution in [0.2, 0.25) is 0 Å². The third kappa shape index (κ3) is 7.92. The van der Waals surface area contributed by atoms with Gasteiger partial charge in [-0.2, -0.15) is 0 Å². The number of benzene rings is 1. The first-order valence-corrected chi connectivity index (χ1v) is 6.42. The molecule has 1 aliphatic heterocycles. The Labute approximate surface area is 110 Å². The molecule has 1 heterocycles. The molecule has 1 aliphatic rings. The summed E-state index contributed by atoms with van der Waals surface area (Å²) < 4.78 is 10.0. The fourth-order valence-electron chi connectivity index (χ4n) is 1.41. The van der Waals surface area contributed by atoms with Gasteiger partial charge in [-0.15, -0.1) is 0 Å². The highest BCUT2D eigenvalue weighted by Crippen LogP contribution is 2.16. The van der Waals surface area contributed by atoms with Gasteiger partial charge in [0, 0.05) is 24.8 Å². The fourth-order valence-corrected chi connectivity index (χ4v) is 1.41. The lowest BCUT2D eigenvalue weighted by Gasteiger charge is -2.10. The van der Waals surface area contributed by atoms with E-state index >= 15 is 0 Å². The Morgan fingerprint density at radius 2 is 1.78 bits per heavy atom. The van der Waals surface area contributed by atoms with E-state index in [2.05, 4.69) is 5.32 Å². The summed E-state index contributed by atoms with van der Waals surface area (Å²) in [5, 5.41) is 3.16. The van der Waals surface area contributed by atoms with Crippen LogP contribution in [0, 0.1) is 6.92 Å². The van der Waals surface area contributed by atoms with Gasteiger partial charge in [0.05, 0.1) is 20.3 Å². The highest BCUT2D eigenvalue weighted by Gasteiger charge is 1.93. The van der Waals surface area contributed by atoms with Crippen LogP contribution in [0.4, 0.5) is 5.69 Å². The summed E-state index contributed by atoms with van der Waals surface area (Å²) in [7, 11) is 1.63. The lowest BCUT2D eigenvalue weighted by atomic mass is 10.2. The lowest BCUT2D eigenvalue weighted by molar-refractivity contribution is 0.109. The second-order valence-corrected chi connectivity index (χ2v) is 3.65. The molecule has 1 aromatic rings. The molecule has 4 heteroatoms. The van der Waals surface area contributed by atoms with Gasteiger partial charge in [-0.1, -0.05) is 13.8 Å². The second kappa shape index (κ2) is 10.9. The molecule has 0 aromatic heterocycles. The van der Waals surface area contributed by atoms with Crippen molar-refractivity contribution in [2.75, 3.05) is 39.1 Å². The minimum Gasteiger partial charge on any atom is -0.497 e. The summed E-state index contributed by atoms with van der Waals surface area (Å²) >= 11 is 0. The van der Waals surface area contributed by atoms with Gasteiger partial charge in [0.1, 0.15) is 5.75 Å². The fraction of sp³-hybridized carbons (Fsp3) is 0.571. The Morgan fingerprint density at radius 3 is 2.11 bits per heavy atom. The van der Waals surface area contributed by atoms with E-state index in [9.17, 15) is 0 Å². The average molecular weight is 254 g/mol. The van der Waals surface area contributed by atoms with Crippen molar-refractivity contribution >= 4 is 5.69 Å². The molecule has 0 saturated carbocycles. The molecular weight excluding hydrogens is 228 g/mol. The number of aryl methyl sites for hydroxylation is 1. The Bertz CT molecular complexity index is 281. The summed E-state index contributed by atoms with van der Waals surface area (Å²) in [6.07, 6.45) is 0. The Balaban J connectivity index is 0.000000308. The van der Waals surface area contributed by atoms with Gasteiger partial charge >= 0.3 is 0 Å². The molecule has 104 valence electrons. The number of rotatable bonds is 1. The number of nitrogens with one attached hydrogen (secondary N) is 1. The van der Waals surface area contributed by atoms with E-state index in [-0.39, 0.29) is 0 Å². The smallest absolute Gasteiger partial charge is 0.121 e. The second-order valence-electron chi connectivity index (χ2n) is 3.65. The number of methoxy groups -OCH3 is 1. The third-order valence-corrected chi connectivity index (χ3v) is 2.16. The lowest BCUT2D eigenvalue weighted by Crippen LogP contribution is -2.30. The zero-order valence-electron chi connectivity index (χ0n) is 12.0. The summed E-state index contributed by atoms with van der Waals surface area (Å²) in [5.41, 5.74) is 7.42. The first-order valence-electron chi connectivity index (χ1n) is 6.42. The molecule has 1 aromatic carbocycles. The van der Waals surface area contributed by atoms with Crippen LogP contribution in [-0.4, -0.2) is 33.4 Å². The largest absolute Gasteiger partial charge is 0.497 e. The van der Waals surface area contributed by atoms with E-state index in [4.69, 9.17) is 15.2 Å². The molecule has 4 nitrogen and oxygen atoms in total. The van der Waals surface area contributed by atoms with Gasteiger partial charge in [-0.25, -0.2) is 0 Å². The molecular formula is C14H26N2O2. The number of hydrogen-bond acceptors (Lipinski definition) is 4. The zero-order valence-corrected chi connectivity index (χ0v) is 12.0. The Kier molecular flexibility index (Phi) is 10.1. The molecule has 0 radical (unpaired) electrons. The predicted octanol–water partition coefficient (Wildman–Crippen LogP) is 2.22. The number of ether oxygens (including phenoxy) is 2. The zero-order chi connectivity index (χ0) is 13.8. The molecule has 0 atom stereocenters. The number of anilines is 1. The van der Waals surface area contributed by atoms with E-state index in [0.29, 0.717) is 0 Å². The van der Waals surface area contributed by atoms with E-state index in [0.717, 1.165) is 43.3 Å². The van der Waals surface area contributed by atoms with Gasteiger partial charge in [0.2, 0.25) is 0 Å². The van der Waals surface area contributed by atoms with Crippen LogP contribution in [-0.2, 0) is 4.74 Å². The molecule has 0 bridgehead atoms. The normalized spacial score (nSPS) is 13.6. The SMILES string of the molecule is C1COCCN1.CC.COc1cc(C)cc(N)c1. The standard InChI is InChI=1S/C8H11NO.C4H9NO.C2H6/c1-6-3-7(9)5-8(4-6)10-2;1-3-6-4-2-5-1;1-2/h3-5H,9H2,1-2H3;5H,1-4H2;1-2H3. The van der Waals surface area contributed by atoms with Crippen LogP contribution in [0.25, 0.3) is 0 Å². The summed E-state index contributed by atoms with van der Waals surface area (Å²) in [5.74, 6) is 0.817. The van der Waals surface area contributed by atoms with Crippen LogP contribution < -0.4 is 15.8 Å². The van der Waals surface area contributed by atoms with Crippen molar-refractivity contribution in [3.05, 3.63) is 23.8 Å². The van der Waals surface area contributed by atoms with E-state index in [1.807, 2.05) is 32.9 Å². The van der Waals surface area contributed by atoms with Gasteiger partial charge < -0.3 is 20.5 Å². The van der Waals surface area contributed by atoms with Crippen molar-refractivity contribution in [2.45, 2.75) is 20.8 Å². The molecule has 0 unspecified atom stereocenters. The maximum atomic E-state index is 5.56. The molecule has 18 heavy (non-hydrogen) atoms. The monoisotopic (exact) mass is 254 g/mol. The number of nitrogen functional groups attached to an aromatic ring is 1. The first kappa shape index (κ1) is 16.7. The van der Waals surface area contributed by atoms with Crippen molar-refractivity contribution < 1.29 is 9.47 Å². The minimum absolute atomic E-state index is 0.747. The van der Waals surface area contributed by atoms with Crippen LogP contribution in [0.15, 0.2) is 18.2 Å². The van der Waals surface area contributed by atoms with Gasteiger partial charge in [0.25, 0.3) is 0 Å². The van der Waals surface area contributed by atoms with Crippen LogP contribution in [0.3, 0.4) is 0 Å². The molecule has 2 rings (SSSR count). The molecule has 3 N–H and O–H groups in total. The van der Waals surface area contributed by atoms with Crippen LogP contribution >= 0.6 is 0 Å². The Hall–Kier alpha value is -1.26. The summed E-state index contributed by atoms with van der Waals surface area (Å²) in [4.78, 5) is 0. The maximum absolute atomic E-state index is 5.56. The van der Waals surface area contributed by atoms with E-state index < -0.39 is 0 Å². The number of morpholine rings is 1. The quantitative estimate of drug-likeness (QED) is 0.755. The minimum atomic E-state index is 0.747. The van der Waals surface area contributed by atoms with Crippen molar-refractivity contribution in [3.8, 4) is 5.75 Å². The number of nitrogens with two attached hydrogens (primary N) is 1. The van der Waals surface area contributed by atoms with Crippen molar-refractivity contribution in [3.63, 3.8) is 0 Å². The molecule has 1 fully saturated rings. The highest BCUT2D eigenvalue weighted by atomic mass is 16.5. The molecule has 0 aliphatic carbocycles. The van der Waals surface area contributed by atoms with Crippen molar-refractivity contribution in [1.29, 1.82) is 0 Å².